The van der Waals surface area contributed by atoms with Crippen LogP contribution in [0.3, 0.4) is 0 Å². The Morgan fingerprint density at radius 2 is 2.00 bits per heavy atom. The summed E-state index contributed by atoms with van der Waals surface area (Å²) < 4.78 is 5.98. The molecule has 2 saturated heterocycles. The van der Waals surface area contributed by atoms with E-state index in [1.165, 1.54) is 25.2 Å². The van der Waals surface area contributed by atoms with Gasteiger partial charge >= 0.3 is 0 Å². The number of likely N-dealkylation sites (tertiary alicyclic amines) is 1. The molecule has 2 fully saturated rings. The number of rotatable bonds is 4. The molecule has 0 radical (unpaired) electrons. The number of anilines is 1. The number of aromatic nitrogens is 4. The maximum Gasteiger partial charge on any atom is 0.274 e. The number of ether oxygens (including phenoxy) is 1. The molecule has 0 saturated carbocycles. The smallest absolute Gasteiger partial charge is 0.274 e. The highest BCUT2D eigenvalue weighted by atomic mass is 16.5. The van der Waals surface area contributed by atoms with Crippen molar-refractivity contribution in [2.45, 2.75) is 25.4 Å². The number of carbonyl (C=O) groups is 1. The molecule has 1 amide bonds. The number of hydrogen-bond acceptors (Lipinski definition) is 7. The van der Waals surface area contributed by atoms with Crippen molar-refractivity contribution in [1.29, 1.82) is 0 Å². The SMILES string of the molecule is O=C(c1cnccn1)N1CC[C@H](Oc2cc(N3CCCC3)ncn2)C1. The number of carbonyl (C=O) groups excluding carboxylic acids is 1. The summed E-state index contributed by atoms with van der Waals surface area (Å²) in [6.07, 6.45) is 9.21. The van der Waals surface area contributed by atoms with Crippen LogP contribution in [0, 0.1) is 0 Å². The Balaban J connectivity index is 1.38. The van der Waals surface area contributed by atoms with Gasteiger partial charge in [0.2, 0.25) is 5.88 Å². The van der Waals surface area contributed by atoms with E-state index >= 15 is 0 Å². The molecular formula is C17H20N6O2. The third-order valence-electron chi connectivity index (χ3n) is 4.56. The molecule has 25 heavy (non-hydrogen) atoms. The second-order valence-corrected chi connectivity index (χ2v) is 6.28. The lowest BCUT2D eigenvalue weighted by Gasteiger charge is -2.18. The Kier molecular flexibility index (Phi) is 4.41. The van der Waals surface area contributed by atoms with Gasteiger partial charge in [0.25, 0.3) is 5.91 Å². The number of hydrogen-bond donors (Lipinski definition) is 0. The Morgan fingerprint density at radius 3 is 2.80 bits per heavy atom. The molecular weight excluding hydrogens is 320 g/mol. The molecule has 0 bridgehead atoms. The van der Waals surface area contributed by atoms with Gasteiger partial charge in [-0.2, -0.15) is 0 Å². The average Bonchev–Trinajstić information content (AvgIpc) is 3.34. The maximum atomic E-state index is 12.4. The third kappa shape index (κ3) is 3.52. The lowest BCUT2D eigenvalue weighted by atomic mass is 10.3. The van der Waals surface area contributed by atoms with Crippen LogP contribution in [0.5, 0.6) is 5.88 Å². The van der Waals surface area contributed by atoms with E-state index in [-0.39, 0.29) is 12.0 Å². The van der Waals surface area contributed by atoms with Crippen molar-refractivity contribution in [3.8, 4) is 5.88 Å². The van der Waals surface area contributed by atoms with Gasteiger partial charge in [-0.05, 0) is 12.8 Å². The highest BCUT2D eigenvalue weighted by molar-refractivity contribution is 5.92. The van der Waals surface area contributed by atoms with Crippen LogP contribution in [0.15, 0.2) is 31.0 Å². The molecule has 4 rings (SSSR count). The molecule has 8 nitrogen and oxygen atoms in total. The second kappa shape index (κ2) is 7.00. The summed E-state index contributed by atoms with van der Waals surface area (Å²) in [5, 5.41) is 0. The molecule has 2 aliphatic rings. The van der Waals surface area contributed by atoms with Gasteiger partial charge in [-0.15, -0.1) is 0 Å². The molecule has 0 N–H and O–H groups in total. The predicted molar refractivity (Wildman–Crippen MR) is 90.4 cm³/mol. The second-order valence-electron chi connectivity index (χ2n) is 6.28. The fourth-order valence-corrected chi connectivity index (χ4v) is 3.26. The fraction of sp³-hybridized carbons (Fsp3) is 0.471. The first-order valence-corrected chi connectivity index (χ1v) is 8.58. The summed E-state index contributed by atoms with van der Waals surface area (Å²) in [7, 11) is 0. The molecule has 130 valence electrons. The Morgan fingerprint density at radius 1 is 1.12 bits per heavy atom. The average molecular weight is 340 g/mol. The summed E-state index contributed by atoms with van der Waals surface area (Å²) >= 11 is 0. The van der Waals surface area contributed by atoms with Gasteiger partial charge in [0, 0.05) is 44.5 Å². The van der Waals surface area contributed by atoms with E-state index in [2.05, 4.69) is 24.8 Å². The maximum absolute atomic E-state index is 12.4. The lowest BCUT2D eigenvalue weighted by molar-refractivity contribution is 0.0765. The molecule has 2 aromatic rings. The van der Waals surface area contributed by atoms with Crippen LogP contribution in [0.25, 0.3) is 0 Å². The van der Waals surface area contributed by atoms with Crippen LogP contribution in [-0.4, -0.2) is 63.0 Å². The molecule has 4 heterocycles. The van der Waals surface area contributed by atoms with E-state index in [1.54, 1.807) is 17.4 Å². The number of nitrogens with zero attached hydrogens (tertiary/aromatic N) is 6. The molecule has 2 aromatic heterocycles. The van der Waals surface area contributed by atoms with Crippen molar-refractivity contribution in [2.75, 3.05) is 31.1 Å². The normalized spacial score (nSPS) is 20.1. The lowest BCUT2D eigenvalue weighted by Crippen LogP contribution is -2.31. The van der Waals surface area contributed by atoms with Crippen LogP contribution in [0.1, 0.15) is 29.8 Å². The van der Waals surface area contributed by atoms with Crippen LogP contribution < -0.4 is 9.64 Å². The summed E-state index contributed by atoms with van der Waals surface area (Å²) in [4.78, 5) is 33.0. The van der Waals surface area contributed by atoms with Gasteiger partial charge in [0.15, 0.2) is 0 Å². The van der Waals surface area contributed by atoms with E-state index in [0.717, 1.165) is 25.3 Å². The van der Waals surface area contributed by atoms with E-state index in [1.807, 2.05) is 6.07 Å². The van der Waals surface area contributed by atoms with Gasteiger partial charge in [-0.25, -0.2) is 15.0 Å². The minimum absolute atomic E-state index is 0.0676. The zero-order chi connectivity index (χ0) is 17.1. The number of amides is 1. The molecule has 0 aliphatic carbocycles. The third-order valence-corrected chi connectivity index (χ3v) is 4.56. The highest BCUT2D eigenvalue weighted by Crippen LogP contribution is 2.23. The first kappa shape index (κ1) is 15.7. The molecule has 0 aromatic carbocycles. The highest BCUT2D eigenvalue weighted by Gasteiger charge is 2.29. The Labute approximate surface area is 145 Å². The van der Waals surface area contributed by atoms with Crippen LogP contribution in [-0.2, 0) is 0 Å². The van der Waals surface area contributed by atoms with Gasteiger partial charge in [0.1, 0.15) is 23.9 Å². The van der Waals surface area contributed by atoms with Crippen LogP contribution in [0.2, 0.25) is 0 Å². The summed E-state index contributed by atoms with van der Waals surface area (Å²) in [6, 6.07) is 1.89. The van der Waals surface area contributed by atoms with Crippen molar-refractivity contribution in [3.63, 3.8) is 0 Å². The van der Waals surface area contributed by atoms with E-state index < -0.39 is 0 Å². The Hall–Kier alpha value is -2.77. The van der Waals surface area contributed by atoms with Crippen LogP contribution >= 0.6 is 0 Å². The predicted octanol–water partition coefficient (Wildman–Crippen LogP) is 1.16. The van der Waals surface area contributed by atoms with Gasteiger partial charge in [-0.3, -0.25) is 9.78 Å². The zero-order valence-corrected chi connectivity index (χ0v) is 13.9. The van der Waals surface area contributed by atoms with Crippen molar-refractivity contribution in [3.05, 3.63) is 36.7 Å². The quantitative estimate of drug-likeness (QED) is 0.826. The van der Waals surface area contributed by atoms with Gasteiger partial charge < -0.3 is 14.5 Å². The topological polar surface area (TPSA) is 84.3 Å². The standard InChI is InChI=1S/C17H20N6O2/c24-17(14-10-18-4-5-19-14)23-8-3-13(11-23)25-16-9-15(20-12-21-16)22-6-1-2-7-22/h4-5,9-10,12-13H,1-3,6-8,11H2/t13-/m0/s1. The van der Waals surface area contributed by atoms with Gasteiger partial charge in [-0.1, -0.05) is 0 Å². The first-order valence-electron chi connectivity index (χ1n) is 8.58. The largest absolute Gasteiger partial charge is 0.472 e. The zero-order valence-electron chi connectivity index (χ0n) is 13.9. The summed E-state index contributed by atoms with van der Waals surface area (Å²) in [6.45, 7) is 3.23. The van der Waals surface area contributed by atoms with E-state index in [4.69, 9.17) is 4.74 Å². The minimum atomic E-state index is -0.111. The van der Waals surface area contributed by atoms with Gasteiger partial charge in [0.05, 0.1) is 12.7 Å². The molecule has 1 atom stereocenters. The Bertz CT molecular complexity index is 735. The van der Waals surface area contributed by atoms with Crippen molar-refractivity contribution >= 4 is 11.7 Å². The minimum Gasteiger partial charge on any atom is -0.472 e. The van der Waals surface area contributed by atoms with Crippen molar-refractivity contribution in [1.82, 2.24) is 24.8 Å². The monoisotopic (exact) mass is 340 g/mol. The molecule has 0 unspecified atom stereocenters. The van der Waals surface area contributed by atoms with Crippen molar-refractivity contribution in [2.24, 2.45) is 0 Å². The molecule has 2 aliphatic heterocycles. The molecule has 8 heteroatoms. The van der Waals surface area contributed by atoms with Crippen molar-refractivity contribution < 1.29 is 9.53 Å². The summed E-state index contributed by atoms with van der Waals surface area (Å²) in [5.41, 5.74) is 0.363. The first-order chi connectivity index (χ1) is 12.3. The fourth-order valence-electron chi connectivity index (χ4n) is 3.26. The summed E-state index contributed by atoms with van der Waals surface area (Å²) in [5.74, 6) is 1.36. The van der Waals surface area contributed by atoms with Crippen LogP contribution in [0.4, 0.5) is 5.82 Å². The molecule has 0 spiro atoms. The van der Waals surface area contributed by atoms with E-state index in [0.29, 0.717) is 24.7 Å². The van der Waals surface area contributed by atoms with E-state index in [9.17, 15) is 4.79 Å².